The van der Waals surface area contributed by atoms with E-state index in [1.165, 1.54) is 36.1 Å². The van der Waals surface area contributed by atoms with Gasteiger partial charge in [-0.2, -0.15) is 0 Å². The molecule has 39 heteroatoms. The number of hydrogen-bond donors (Lipinski definition) is 16. The van der Waals surface area contributed by atoms with E-state index < -0.39 is 150 Å². The van der Waals surface area contributed by atoms with Gasteiger partial charge < -0.3 is 89.5 Å². The lowest BCUT2D eigenvalue weighted by molar-refractivity contribution is -0.140. The number of nitrogens with one attached hydrogen (secondary N) is 11. The first-order chi connectivity index (χ1) is 55.4. The second kappa shape index (κ2) is 45.1. The number of nitrogens with zero attached hydrogens (tertiary/aromatic N) is 7. The molecule has 2 aromatic heterocycles. The second-order valence-corrected chi connectivity index (χ2v) is 30.5. The molecule has 18 N–H and O–H groups in total. The van der Waals surface area contributed by atoms with Crippen LogP contribution in [-0.4, -0.2) is 319 Å². The molecular weight excluding hydrogens is 1530 g/mol. The maximum Gasteiger partial charge on any atom is 0.317 e. The summed E-state index contributed by atoms with van der Waals surface area (Å²) in [6.45, 7) is 5.13. The molecule has 5 aromatic rings. The summed E-state index contributed by atoms with van der Waals surface area (Å²) < 4.78 is 0. The number of aromatic amines is 2. The van der Waals surface area contributed by atoms with Gasteiger partial charge in [0.2, 0.25) is 70.9 Å². The molecule has 3 fully saturated rings. The lowest BCUT2D eigenvalue weighted by Gasteiger charge is -2.34. The summed E-state index contributed by atoms with van der Waals surface area (Å²) >= 11 is 1.33. The fraction of sp³-hybridized carbons (Fsp3) is 0.506. The molecule has 3 aromatic carbocycles. The molecule has 8 rings (SSSR count). The van der Waals surface area contributed by atoms with Crippen molar-refractivity contribution in [3.05, 3.63) is 126 Å². The summed E-state index contributed by atoms with van der Waals surface area (Å²) in [6.07, 6.45) is 4.14. The Balaban J connectivity index is 0.886. The molecule has 628 valence electrons. The number of nitrogens with two attached hydrogens (primary N) is 2. The number of hydrogen-bond acceptors (Lipinski definition) is 22. The number of aromatic nitrogens is 3. The second-order valence-electron chi connectivity index (χ2n) is 29.5. The van der Waals surface area contributed by atoms with E-state index in [0.29, 0.717) is 59.2 Å². The Hall–Kier alpha value is -11.4. The van der Waals surface area contributed by atoms with Crippen molar-refractivity contribution in [3.63, 3.8) is 0 Å². The summed E-state index contributed by atoms with van der Waals surface area (Å²) in [6, 6.07) is 13.8. The molecule has 8 atom stereocenters. The molecule has 116 heavy (non-hydrogen) atoms. The number of carbonyl (C=O) groups is 15. The SMILES string of the molecule is CC(C)[C@H](NC(=O)[C@H](C)NC(=O)[C@H](Cc1c[nH]c2ccccc12)NC(=O)[C@H](CCC(N)=O)NC(=O)[C@@H](Cc1ccccc1)NC(=O)CN1CCC(NC(=O)CN2CCN(CC(=O)O)CCN(CC(=O)O)CCN(CC(=O)O)CC2)CC1)C(=O)NCC(=O)N[C@@H](Cc1cnc[nH]1)C(=O)N[C@@H](Cc1ccccc1)C(=O)N1CSC[C@H]1C(N)=O. The number of aliphatic carboxylic acids is 3. The molecule has 0 aliphatic carbocycles. The fourth-order valence-electron chi connectivity index (χ4n) is 13.8. The van der Waals surface area contributed by atoms with E-state index in [0.717, 1.165) is 0 Å². The number of amides is 12. The summed E-state index contributed by atoms with van der Waals surface area (Å²) in [5.74, 6) is -12.4. The van der Waals surface area contributed by atoms with E-state index in [2.05, 4.69) is 62.8 Å². The molecule has 0 saturated carbocycles. The Morgan fingerprint density at radius 1 is 0.509 bits per heavy atom. The fourth-order valence-corrected chi connectivity index (χ4v) is 15.0. The van der Waals surface area contributed by atoms with Crippen molar-refractivity contribution >= 4 is 111 Å². The van der Waals surface area contributed by atoms with Crippen molar-refractivity contribution in [2.45, 2.75) is 127 Å². The third kappa shape index (κ3) is 29.5. The number of fused-ring (bicyclic) bond motifs is 1. The Bertz CT molecular complexity index is 4180. The predicted octanol–water partition coefficient (Wildman–Crippen LogP) is -3.94. The van der Waals surface area contributed by atoms with Gasteiger partial charge in [-0.1, -0.05) is 92.7 Å². The van der Waals surface area contributed by atoms with Crippen LogP contribution in [0.5, 0.6) is 0 Å². The average Bonchev–Trinajstić information content (AvgIpc) is 1.64. The van der Waals surface area contributed by atoms with Crippen LogP contribution in [0.15, 0.2) is 104 Å². The molecule has 0 unspecified atom stereocenters. The van der Waals surface area contributed by atoms with E-state index in [1.54, 1.807) is 120 Å². The smallest absolute Gasteiger partial charge is 0.317 e. The number of rotatable bonds is 40. The maximum absolute atomic E-state index is 14.8. The first-order valence-corrected chi connectivity index (χ1v) is 39.6. The topological polar surface area (TPSA) is 541 Å². The molecule has 38 nitrogen and oxygen atoms in total. The van der Waals surface area contributed by atoms with Crippen molar-refractivity contribution in [1.29, 1.82) is 0 Å². The van der Waals surface area contributed by atoms with E-state index in [9.17, 15) is 87.2 Å². The number of primary amides is 2. The molecule has 5 heterocycles. The van der Waals surface area contributed by atoms with Gasteiger partial charge in [-0.15, -0.1) is 11.8 Å². The van der Waals surface area contributed by atoms with Crippen molar-refractivity contribution in [2.24, 2.45) is 17.4 Å². The Kier molecular flexibility index (Phi) is 35.0. The Morgan fingerprint density at radius 2 is 0.991 bits per heavy atom. The van der Waals surface area contributed by atoms with Crippen LogP contribution in [0.2, 0.25) is 0 Å². The predicted molar refractivity (Wildman–Crippen MR) is 423 cm³/mol. The van der Waals surface area contributed by atoms with Crippen LogP contribution < -0.4 is 59.3 Å². The van der Waals surface area contributed by atoms with Crippen LogP contribution in [0.3, 0.4) is 0 Å². The summed E-state index contributed by atoms with van der Waals surface area (Å²) in [7, 11) is 0. The highest BCUT2D eigenvalue weighted by atomic mass is 32.2. The van der Waals surface area contributed by atoms with Gasteiger partial charge >= 0.3 is 17.9 Å². The number of thioether (sulfide) groups is 1. The molecule has 0 spiro atoms. The van der Waals surface area contributed by atoms with Gasteiger partial charge in [-0.05, 0) is 54.9 Å². The summed E-state index contributed by atoms with van der Waals surface area (Å²) in [5.41, 5.74) is 14.3. The zero-order valence-corrected chi connectivity index (χ0v) is 65.9. The number of carboxylic acids is 3. The quantitative estimate of drug-likeness (QED) is 0.0178. The van der Waals surface area contributed by atoms with Crippen LogP contribution in [-0.2, 0) is 97.6 Å². The number of imidazole rings is 1. The van der Waals surface area contributed by atoms with Crippen molar-refractivity contribution in [1.82, 2.24) is 92.2 Å². The van der Waals surface area contributed by atoms with Gasteiger partial charge in [0.1, 0.15) is 48.3 Å². The zero-order valence-electron chi connectivity index (χ0n) is 65.1. The highest BCUT2D eigenvalue weighted by Gasteiger charge is 2.40. The average molecular weight is 1630 g/mol. The number of carboxylic acid groups (broad SMARTS) is 3. The monoisotopic (exact) mass is 1630 g/mol. The van der Waals surface area contributed by atoms with Crippen molar-refractivity contribution < 1.29 is 87.2 Å². The number of carbonyl (C=O) groups excluding carboxylic acids is 12. The first kappa shape index (κ1) is 90.2. The zero-order chi connectivity index (χ0) is 84.0. The molecular formula is C77H106N20O18S. The van der Waals surface area contributed by atoms with Gasteiger partial charge in [-0.3, -0.25) is 96.4 Å². The van der Waals surface area contributed by atoms with Gasteiger partial charge in [0, 0.05) is 138 Å². The number of benzene rings is 3. The van der Waals surface area contributed by atoms with E-state index in [1.807, 2.05) is 9.80 Å². The molecule has 3 saturated heterocycles. The third-order valence-corrected chi connectivity index (χ3v) is 21.1. The summed E-state index contributed by atoms with van der Waals surface area (Å²) in [5, 5.41) is 54.0. The van der Waals surface area contributed by atoms with Crippen LogP contribution >= 0.6 is 11.8 Å². The van der Waals surface area contributed by atoms with Crippen molar-refractivity contribution in [3.8, 4) is 0 Å². The molecule has 3 aliphatic heterocycles. The minimum atomic E-state index is -1.56. The van der Waals surface area contributed by atoms with Gasteiger partial charge in [0.05, 0.1) is 51.5 Å². The number of H-pyrrole nitrogens is 2. The highest BCUT2D eigenvalue weighted by Crippen LogP contribution is 2.24. The van der Waals surface area contributed by atoms with Gasteiger partial charge in [0.25, 0.3) is 0 Å². The normalized spacial score (nSPS) is 17.6. The van der Waals surface area contributed by atoms with E-state index >= 15 is 0 Å². The largest absolute Gasteiger partial charge is 0.480 e. The third-order valence-electron chi connectivity index (χ3n) is 20.1. The maximum atomic E-state index is 14.8. The lowest BCUT2D eigenvalue weighted by atomic mass is 10.0. The van der Waals surface area contributed by atoms with E-state index in [4.69, 9.17) is 11.5 Å². The Labute approximate surface area is 674 Å². The standard InChI is InChI=1S/C77H106N20O18S/c1-47(2)69(76(114)82-38-63(99)86-59(35-53-37-80-45-83-53)75(113)90-60(33-50-14-8-5-9-15-50)77(115)97-46-116-44-61(97)70(79)108)91-71(109)48(3)84-73(111)58(34-51-36-81-55-17-11-10-16-54(51)55)89-72(110)56(18-19-62(78)98)88-74(112)57(32-49-12-6-4-7-13-49)87-65(101)40-92-22-20-52(21-23-92)85-64(100)39-93-24-26-94(41-66(102)103)28-30-96(43-68(106)107)31-29-95(27-25-93)42-67(104)105/h4-17,36-37,45,47-48,52,56-61,69,81H,18-35,38-44,46H2,1-3H3,(H2,78,98)(H2,79,108)(H,80,83)(H,82,114)(H,84,111)(H,85,100)(H,86,99)(H,87,101)(H,88,112)(H,89,110)(H,90,113)(H,91,109)(H,102,103)(H,104,105)(H,106,107)/t48-,56-,57+,58-,59-,60-,61-,69-/m0/s1. The number of likely N-dealkylation sites (tertiary alicyclic amines) is 1. The number of piperidine rings is 1. The minimum Gasteiger partial charge on any atom is -0.480 e. The van der Waals surface area contributed by atoms with Crippen LogP contribution in [0.1, 0.15) is 68.8 Å². The Morgan fingerprint density at radius 3 is 1.53 bits per heavy atom. The molecule has 3 aliphatic rings. The summed E-state index contributed by atoms with van der Waals surface area (Å²) in [4.78, 5) is 222. The number of para-hydroxylation sites is 1. The first-order valence-electron chi connectivity index (χ1n) is 38.4. The van der Waals surface area contributed by atoms with Crippen LogP contribution in [0, 0.1) is 5.92 Å². The molecule has 0 radical (unpaired) electrons. The van der Waals surface area contributed by atoms with Crippen LogP contribution in [0.4, 0.5) is 0 Å². The lowest BCUT2D eigenvalue weighted by Crippen LogP contribution is -2.60. The molecule has 0 bridgehead atoms. The minimum absolute atomic E-state index is 0.0221. The van der Waals surface area contributed by atoms with Crippen molar-refractivity contribution in [2.75, 3.05) is 116 Å². The van der Waals surface area contributed by atoms with Gasteiger partial charge in [-0.25, -0.2) is 4.98 Å². The van der Waals surface area contributed by atoms with E-state index in [-0.39, 0.29) is 141 Å². The highest BCUT2D eigenvalue weighted by molar-refractivity contribution is 7.99. The van der Waals surface area contributed by atoms with Gasteiger partial charge in [0.15, 0.2) is 0 Å². The van der Waals surface area contributed by atoms with Crippen LogP contribution in [0.25, 0.3) is 10.9 Å². The molecule has 12 amide bonds.